The first kappa shape index (κ1) is 17.4. The number of pyridine rings is 1. The molecule has 0 radical (unpaired) electrons. The summed E-state index contributed by atoms with van der Waals surface area (Å²) in [5.41, 5.74) is 3.72. The highest BCUT2D eigenvalue weighted by atomic mass is 16.5. The molecule has 2 heterocycles. The zero-order valence-electron chi connectivity index (χ0n) is 15.1. The summed E-state index contributed by atoms with van der Waals surface area (Å²) in [5.74, 6) is 0.937. The van der Waals surface area contributed by atoms with Crippen LogP contribution in [0.3, 0.4) is 0 Å². The molecule has 0 unspecified atom stereocenters. The highest BCUT2D eigenvalue weighted by molar-refractivity contribution is 5.95. The van der Waals surface area contributed by atoms with Crippen molar-refractivity contribution in [2.45, 2.75) is 33.4 Å². The molecule has 0 bridgehead atoms. The summed E-state index contributed by atoms with van der Waals surface area (Å²) in [6, 6.07) is 8.08. The monoisotopic (exact) mass is 339 g/mol. The van der Waals surface area contributed by atoms with Gasteiger partial charge in [0.1, 0.15) is 12.4 Å². The average molecular weight is 339 g/mol. The quantitative estimate of drug-likeness (QED) is 0.930. The summed E-state index contributed by atoms with van der Waals surface area (Å²) in [5, 5.41) is 3.36. The minimum atomic E-state index is 0.0957. The molecule has 2 aromatic rings. The molecule has 132 valence electrons. The molecule has 1 aromatic heterocycles. The maximum absolute atomic E-state index is 12.8. The molecule has 1 saturated heterocycles. The fraction of sp³-hybridized carbons (Fsp3) is 0.400. The van der Waals surface area contributed by atoms with Crippen LogP contribution < -0.4 is 10.1 Å². The lowest BCUT2D eigenvalue weighted by Gasteiger charge is -2.32. The number of aromatic nitrogens is 1. The minimum Gasteiger partial charge on any atom is -0.488 e. The van der Waals surface area contributed by atoms with Crippen LogP contribution in [0.5, 0.6) is 5.75 Å². The van der Waals surface area contributed by atoms with Crippen molar-refractivity contribution >= 4 is 5.91 Å². The van der Waals surface area contributed by atoms with E-state index in [1.165, 1.54) is 0 Å². The number of nitrogens with zero attached hydrogens (tertiary/aromatic N) is 2. The number of rotatable bonds is 4. The highest BCUT2D eigenvalue weighted by Crippen LogP contribution is 2.26. The SMILES string of the molecule is Cc1cc(C(=O)N2CCN[C@@H](C)C2)cc(C)c1OCc1cccnc1. The van der Waals surface area contributed by atoms with E-state index in [2.05, 4.69) is 17.2 Å². The second kappa shape index (κ2) is 7.66. The lowest BCUT2D eigenvalue weighted by Crippen LogP contribution is -2.51. The van der Waals surface area contributed by atoms with Crippen molar-refractivity contribution in [3.05, 3.63) is 58.9 Å². The van der Waals surface area contributed by atoms with Gasteiger partial charge in [-0.15, -0.1) is 0 Å². The molecule has 1 aliphatic rings. The van der Waals surface area contributed by atoms with E-state index in [-0.39, 0.29) is 5.91 Å². The van der Waals surface area contributed by atoms with E-state index in [1.807, 2.05) is 43.0 Å². The van der Waals surface area contributed by atoms with Crippen LogP contribution in [0.1, 0.15) is 34.0 Å². The molecule has 5 nitrogen and oxygen atoms in total. The zero-order chi connectivity index (χ0) is 17.8. The summed E-state index contributed by atoms with van der Waals surface area (Å²) in [7, 11) is 0. The molecule has 25 heavy (non-hydrogen) atoms. The van der Waals surface area contributed by atoms with Gasteiger partial charge in [0.2, 0.25) is 0 Å². The molecule has 1 amide bonds. The van der Waals surface area contributed by atoms with Crippen LogP contribution in [0.15, 0.2) is 36.7 Å². The Labute approximate surface area is 149 Å². The summed E-state index contributed by atoms with van der Waals surface area (Å²) >= 11 is 0. The summed E-state index contributed by atoms with van der Waals surface area (Å²) in [6.45, 7) is 8.89. The molecule has 0 saturated carbocycles. The van der Waals surface area contributed by atoms with Crippen LogP contribution in [-0.2, 0) is 6.61 Å². The Kier molecular flexibility index (Phi) is 5.34. The Morgan fingerprint density at radius 3 is 2.76 bits per heavy atom. The lowest BCUT2D eigenvalue weighted by molar-refractivity contribution is 0.0709. The van der Waals surface area contributed by atoms with Gasteiger partial charge in [-0.05, 0) is 50.1 Å². The number of ether oxygens (including phenoxy) is 1. The van der Waals surface area contributed by atoms with Gasteiger partial charge in [0, 0.05) is 49.2 Å². The molecule has 0 spiro atoms. The molecule has 1 aliphatic heterocycles. The van der Waals surface area contributed by atoms with Crippen molar-refractivity contribution in [3.63, 3.8) is 0 Å². The standard InChI is InChI=1S/C20H25N3O2/c1-14-9-18(20(24)23-8-7-22-16(3)12-23)10-15(2)19(14)25-13-17-5-4-6-21-11-17/h4-6,9-11,16,22H,7-8,12-13H2,1-3H3/t16-/m0/s1. The molecule has 0 aliphatic carbocycles. The number of amides is 1. The number of carbonyl (C=O) groups is 1. The number of benzene rings is 1. The van der Waals surface area contributed by atoms with Crippen molar-refractivity contribution in [2.24, 2.45) is 0 Å². The van der Waals surface area contributed by atoms with Gasteiger partial charge in [-0.1, -0.05) is 6.07 Å². The van der Waals surface area contributed by atoms with Crippen molar-refractivity contribution in [3.8, 4) is 5.75 Å². The Morgan fingerprint density at radius 2 is 2.12 bits per heavy atom. The first-order valence-corrected chi connectivity index (χ1v) is 8.70. The number of nitrogens with one attached hydrogen (secondary N) is 1. The van der Waals surface area contributed by atoms with Crippen LogP contribution in [-0.4, -0.2) is 41.5 Å². The second-order valence-electron chi connectivity index (χ2n) is 6.70. The van der Waals surface area contributed by atoms with E-state index in [9.17, 15) is 4.79 Å². The van der Waals surface area contributed by atoms with E-state index in [0.29, 0.717) is 12.6 Å². The van der Waals surface area contributed by atoms with Crippen molar-refractivity contribution < 1.29 is 9.53 Å². The van der Waals surface area contributed by atoms with Crippen LogP contribution in [0.2, 0.25) is 0 Å². The molecule has 5 heteroatoms. The number of piperazine rings is 1. The van der Waals surface area contributed by atoms with Crippen LogP contribution >= 0.6 is 0 Å². The summed E-state index contributed by atoms with van der Waals surface area (Å²) in [4.78, 5) is 18.8. The number of aryl methyl sites for hydroxylation is 2. The lowest BCUT2D eigenvalue weighted by atomic mass is 10.0. The third-order valence-electron chi connectivity index (χ3n) is 4.47. The van der Waals surface area contributed by atoms with E-state index < -0.39 is 0 Å². The van der Waals surface area contributed by atoms with Crippen molar-refractivity contribution in [2.75, 3.05) is 19.6 Å². The van der Waals surface area contributed by atoms with E-state index in [1.54, 1.807) is 12.4 Å². The third kappa shape index (κ3) is 4.17. The molecular formula is C20H25N3O2. The van der Waals surface area contributed by atoms with E-state index in [4.69, 9.17) is 4.74 Å². The first-order chi connectivity index (χ1) is 12.0. The smallest absolute Gasteiger partial charge is 0.253 e. The fourth-order valence-electron chi connectivity index (χ4n) is 3.24. The van der Waals surface area contributed by atoms with Gasteiger partial charge in [-0.2, -0.15) is 0 Å². The Morgan fingerprint density at radius 1 is 1.36 bits per heavy atom. The predicted octanol–water partition coefficient (Wildman–Crippen LogP) is 2.71. The van der Waals surface area contributed by atoms with Gasteiger partial charge < -0.3 is 15.0 Å². The maximum Gasteiger partial charge on any atom is 0.253 e. The van der Waals surface area contributed by atoms with Crippen LogP contribution in [0.25, 0.3) is 0 Å². The molecule has 3 rings (SSSR count). The van der Waals surface area contributed by atoms with E-state index in [0.717, 1.165) is 47.6 Å². The Balaban J connectivity index is 1.74. The number of hydrogen-bond donors (Lipinski definition) is 1. The fourth-order valence-corrected chi connectivity index (χ4v) is 3.24. The van der Waals surface area contributed by atoms with Crippen LogP contribution in [0, 0.1) is 13.8 Å². The molecule has 1 aromatic carbocycles. The maximum atomic E-state index is 12.8. The van der Waals surface area contributed by atoms with Crippen LogP contribution in [0.4, 0.5) is 0 Å². The average Bonchev–Trinajstić information content (AvgIpc) is 2.61. The first-order valence-electron chi connectivity index (χ1n) is 8.70. The molecular weight excluding hydrogens is 314 g/mol. The Bertz CT molecular complexity index is 723. The molecule has 1 fully saturated rings. The van der Waals surface area contributed by atoms with Gasteiger partial charge in [0.15, 0.2) is 0 Å². The third-order valence-corrected chi connectivity index (χ3v) is 4.47. The largest absolute Gasteiger partial charge is 0.488 e. The van der Waals surface area contributed by atoms with Crippen molar-refractivity contribution in [1.29, 1.82) is 0 Å². The number of carbonyl (C=O) groups excluding carboxylic acids is 1. The van der Waals surface area contributed by atoms with Crippen molar-refractivity contribution in [1.82, 2.24) is 15.2 Å². The van der Waals surface area contributed by atoms with E-state index >= 15 is 0 Å². The summed E-state index contributed by atoms with van der Waals surface area (Å²) < 4.78 is 5.98. The molecule has 1 atom stereocenters. The minimum absolute atomic E-state index is 0.0957. The number of hydrogen-bond acceptors (Lipinski definition) is 4. The zero-order valence-corrected chi connectivity index (χ0v) is 15.1. The topological polar surface area (TPSA) is 54.5 Å². The van der Waals surface area contributed by atoms with Gasteiger partial charge in [0.05, 0.1) is 0 Å². The summed E-state index contributed by atoms with van der Waals surface area (Å²) in [6.07, 6.45) is 3.55. The Hall–Kier alpha value is -2.40. The highest BCUT2D eigenvalue weighted by Gasteiger charge is 2.22. The normalized spacial score (nSPS) is 17.4. The van der Waals surface area contributed by atoms with Gasteiger partial charge in [-0.3, -0.25) is 9.78 Å². The predicted molar refractivity (Wildman–Crippen MR) is 97.9 cm³/mol. The van der Waals surface area contributed by atoms with Gasteiger partial charge in [0.25, 0.3) is 5.91 Å². The molecule has 1 N–H and O–H groups in total. The van der Waals surface area contributed by atoms with Gasteiger partial charge in [-0.25, -0.2) is 0 Å². The second-order valence-corrected chi connectivity index (χ2v) is 6.70. The van der Waals surface area contributed by atoms with Gasteiger partial charge >= 0.3 is 0 Å².